The third-order valence-corrected chi connectivity index (χ3v) is 3.68. The molecule has 0 aliphatic heterocycles. The van der Waals surface area contributed by atoms with E-state index >= 15 is 0 Å². The summed E-state index contributed by atoms with van der Waals surface area (Å²) in [6, 6.07) is 0. The van der Waals surface area contributed by atoms with Crippen molar-refractivity contribution in [3.8, 4) is 0 Å². The van der Waals surface area contributed by atoms with E-state index in [4.69, 9.17) is 0 Å². The number of Topliss-reactive ketones (excluding diaryl/α,β-unsaturated/α-hetero) is 2. The lowest BCUT2D eigenvalue weighted by Crippen LogP contribution is -2.35. The van der Waals surface area contributed by atoms with E-state index in [1.807, 2.05) is 0 Å². The Labute approximate surface area is 88.1 Å². The Bertz CT molecular complexity index is 387. The van der Waals surface area contributed by atoms with Crippen molar-refractivity contribution in [3.05, 3.63) is 0 Å². The van der Waals surface area contributed by atoms with Crippen LogP contribution in [0.1, 0.15) is 32.6 Å². The molecule has 0 aromatic heterocycles. The maximum absolute atomic E-state index is 12.4. The second-order valence-electron chi connectivity index (χ2n) is 3.91. The molecule has 1 aliphatic rings. The van der Waals surface area contributed by atoms with E-state index in [9.17, 15) is 21.9 Å². The van der Waals surface area contributed by atoms with Crippen LogP contribution in [0, 0.1) is 5.41 Å². The lowest BCUT2D eigenvalue weighted by molar-refractivity contribution is -0.137. The molecular weight excluding hydrogens is 223 g/mol. The van der Waals surface area contributed by atoms with Gasteiger partial charge in [-0.05, 0) is 26.2 Å². The third-order valence-electron chi connectivity index (χ3n) is 2.99. The van der Waals surface area contributed by atoms with Crippen LogP contribution in [0.2, 0.25) is 0 Å². The summed E-state index contributed by atoms with van der Waals surface area (Å²) >= 11 is 0. The highest BCUT2D eigenvalue weighted by atomic mass is 32.3. The van der Waals surface area contributed by atoms with E-state index in [-0.39, 0.29) is 24.4 Å². The van der Waals surface area contributed by atoms with Crippen molar-refractivity contribution < 1.29 is 21.9 Å². The molecule has 86 valence electrons. The van der Waals surface area contributed by atoms with Gasteiger partial charge < -0.3 is 0 Å². The van der Waals surface area contributed by atoms with E-state index in [1.165, 1.54) is 6.92 Å². The van der Waals surface area contributed by atoms with Crippen LogP contribution >= 0.6 is 0 Å². The maximum atomic E-state index is 12.4. The second-order valence-corrected chi connectivity index (χ2v) is 5.39. The van der Waals surface area contributed by atoms with Crippen molar-refractivity contribution in [1.82, 2.24) is 0 Å². The zero-order chi connectivity index (χ0) is 11.7. The topological polar surface area (TPSA) is 68.3 Å². The summed E-state index contributed by atoms with van der Waals surface area (Å²) < 4.78 is 33.1. The van der Waals surface area contributed by atoms with E-state index in [0.717, 1.165) is 0 Å². The highest BCUT2D eigenvalue weighted by Crippen LogP contribution is 2.39. The first-order chi connectivity index (χ1) is 6.78. The quantitative estimate of drug-likeness (QED) is 0.539. The number of hydrogen-bond donors (Lipinski definition) is 0. The van der Waals surface area contributed by atoms with Gasteiger partial charge in [-0.1, -0.05) is 0 Å². The van der Waals surface area contributed by atoms with Gasteiger partial charge >= 0.3 is 10.2 Å². The molecule has 4 nitrogen and oxygen atoms in total. The molecule has 1 unspecified atom stereocenters. The smallest absolute Gasteiger partial charge is 0.299 e. The van der Waals surface area contributed by atoms with Gasteiger partial charge in [-0.2, -0.15) is 8.42 Å². The van der Waals surface area contributed by atoms with Gasteiger partial charge in [-0.3, -0.25) is 9.59 Å². The van der Waals surface area contributed by atoms with Crippen LogP contribution < -0.4 is 0 Å². The van der Waals surface area contributed by atoms with Crippen LogP contribution in [0.4, 0.5) is 3.89 Å². The Morgan fingerprint density at radius 3 is 2.47 bits per heavy atom. The fourth-order valence-corrected chi connectivity index (χ4v) is 2.63. The fraction of sp³-hybridized carbons (Fsp3) is 0.778. The zero-order valence-corrected chi connectivity index (χ0v) is 9.27. The van der Waals surface area contributed by atoms with E-state index in [0.29, 0.717) is 12.8 Å². The molecule has 0 amide bonds. The maximum Gasteiger partial charge on any atom is 0.302 e. The molecule has 0 aromatic carbocycles. The van der Waals surface area contributed by atoms with Gasteiger partial charge in [0, 0.05) is 6.42 Å². The summed E-state index contributed by atoms with van der Waals surface area (Å²) in [5, 5.41) is 0. The Kier molecular flexibility index (Phi) is 3.28. The van der Waals surface area contributed by atoms with Gasteiger partial charge in [-0.15, -0.1) is 3.89 Å². The largest absolute Gasteiger partial charge is 0.302 e. The van der Waals surface area contributed by atoms with Crippen LogP contribution in [-0.4, -0.2) is 25.7 Å². The number of carbonyl (C=O) groups excluding carboxylic acids is 2. The van der Waals surface area contributed by atoms with Crippen molar-refractivity contribution in [1.29, 1.82) is 0 Å². The van der Waals surface area contributed by atoms with Gasteiger partial charge in [0.25, 0.3) is 0 Å². The first-order valence-corrected chi connectivity index (χ1v) is 6.30. The van der Waals surface area contributed by atoms with Crippen molar-refractivity contribution >= 4 is 21.8 Å². The Balaban J connectivity index is 2.85. The minimum atomic E-state index is -4.61. The van der Waals surface area contributed by atoms with Crippen LogP contribution in [0.5, 0.6) is 0 Å². The molecule has 0 heterocycles. The zero-order valence-electron chi connectivity index (χ0n) is 8.45. The summed E-state index contributed by atoms with van der Waals surface area (Å²) in [4.78, 5) is 22.9. The standard InChI is InChI=1S/C9H13FO4S/c1-7(11)9(4-2-3-8(9)12)5-6-15(10,13)14/h2-6H2,1H3. The molecule has 1 saturated carbocycles. The Morgan fingerprint density at radius 1 is 1.53 bits per heavy atom. The molecule has 0 spiro atoms. The molecule has 1 aliphatic carbocycles. The monoisotopic (exact) mass is 236 g/mol. The molecule has 0 radical (unpaired) electrons. The summed E-state index contributed by atoms with van der Waals surface area (Å²) in [5.74, 6) is -1.36. The van der Waals surface area contributed by atoms with Crippen LogP contribution in [-0.2, 0) is 19.8 Å². The fourth-order valence-electron chi connectivity index (χ4n) is 2.04. The highest BCUT2D eigenvalue weighted by Gasteiger charge is 2.46. The number of carbonyl (C=O) groups is 2. The van der Waals surface area contributed by atoms with Crippen molar-refractivity contribution in [2.24, 2.45) is 5.41 Å². The number of halogens is 1. The summed E-state index contributed by atoms with van der Waals surface area (Å²) in [7, 11) is -4.61. The van der Waals surface area contributed by atoms with E-state index < -0.39 is 21.4 Å². The Morgan fingerprint density at radius 2 is 2.13 bits per heavy atom. The third kappa shape index (κ3) is 2.62. The van der Waals surface area contributed by atoms with Gasteiger partial charge in [0.05, 0.1) is 11.2 Å². The van der Waals surface area contributed by atoms with Gasteiger partial charge in [0.2, 0.25) is 0 Å². The first-order valence-electron chi connectivity index (χ1n) is 4.75. The first kappa shape index (κ1) is 12.3. The van der Waals surface area contributed by atoms with Crippen LogP contribution in [0.25, 0.3) is 0 Å². The summed E-state index contributed by atoms with van der Waals surface area (Å²) in [5.41, 5.74) is -1.24. The predicted molar refractivity (Wildman–Crippen MR) is 51.5 cm³/mol. The molecule has 1 atom stereocenters. The summed E-state index contributed by atoms with van der Waals surface area (Å²) in [6.07, 6.45) is 0.980. The van der Waals surface area contributed by atoms with Gasteiger partial charge in [-0.25, -0.2) is 0 Å². The van der Waals surface area contributed by atoms with E-state index in [2.05, 4.69) is 0 Å². The molecule has 0 aromatic rings. The molecule has 0 bridgehead atoms. The molecule has 0 saturated heterocycles. The number of hydrogen-bond acceptors (Lipinski definition) is 4. The Hall–Kier alpha value is -0.780. The molecule has 15 heavy (non-hydrogen) atoms. The minimum Gasteiger partial charge on any atom is -0.299 e. The lowest BCUT2D eigenvalue weighted by Gasteiger charge is -2.22. The van der Waals surface area contributed by atoms with Crippen molar-refractivity contribution in [2.45, 2.75) is 32.6 Å². The van der Waals surface area contributed by atoms with Gasteiger partial charge in [0.1, 0.15) is 11.6 Å². The highest BCUT2D eigenvalue weighted by molar-refractivity contribution is 7.86. The number of ketones is 2. The average Bonchev–Trinajstić information content (AvgIpc) is 2.43. The lowest BCUT2D eigenvalue weighted by atomic mass is 9.79. The number of rotatable bonds is 4. The van der Waals surface area contributed by atoms with Crippen LogP contribution in [0.15, 0.2) is 0 Å². The summed E-state index contributed by atoms with van der Waals surface area (Å²) in [6.45, 7) is 1.26. The molecule has 1 fully saturated rings. The average molecular weight is 236 g/mol. The van der Waals surface area contributed by atoms with Crippen molar-refractivity contribution in [3.63, 3.8) is 0 Å². The molecular formula is C9H13FO4S. The van der Waals surface area contributed by atoms with Gasteiger partial charge in [0.15, 0.2) is 0 Å². The molecule has 0 N–H and O–H groups in total. The SMILES string of the molecule is CC(=O)C1(CCS(=O)(=O)F)CCCC1=O. The van der Waals surface area contributed by atoms with Crippen LogP contribution in [0.3, 0.4) is 0 Å². The van der Waals surface area contributed by atoms with Crippen molar-refractivity contribution in [2.75, 3.05) is 5.75 Å². The normalized spacial score (nSPS) is 26.9. The molecule has 1 rings (SSSR count). The molecule has 6 heteroatoms. The minimum absolute atomic E-state index is 0.222. The second kappa shape index (κ2) is 4.00. The predicted octanol–water partition coefficient (Wildman–Crippen LogP) is 1.00. The van der Waals surface area contributed by atoms with E-state index in [1.54, 1.807) is 0 Å².